The number of hydrogen-bond donors (Lipinski definition) is 0. The lowest BCUT2D eigenvalue weighted by atomic mass is 9.95. The van der Waals surface area contributed by atoms with Crippen molar-refractivity contribution in [1.29, 1.82) is 0 Å². The third-order valence-corrected chi connectivity index (χ3v) is 6.28. The molecule has 80 valence electrons. The van der Waals surface area contributed by atoms with Gasteiger partial charge in [0, 0.05) is 27.6 Å². The van der Waals surface area contributed by atoms with E-state index in [4.69, 9.17) is 0 Å². The van der Waals surface area contributed by atoms with Crippen LogP contribution in [-0.2, 0) is 5.41 Å². The molecule has 2 bridgehead atoms. The molecule has 2 heteroatoms. The van der Waals surface area contributed by atoms with E-state index in [0.717, 1.165) is 17.9 Å². The van der Waals surface area contributed by atoms with Crippen molar-refractivity contribution in [3.8, 4) is 0 Å². The first-order valence-electron chi connectivity index (χ1n) is 6.02. The Bertz CT molecular complexity index is 571. The van der Waals surface area contributed by atoms with Crippen LogP contribution in [0.4, 0.5) is 0 Å². The van der Waals surface area contributed by atoms with Crippen molar-refractivity contribution >= 4 is 21.4 Å². The highest BCUT2D eigenvalue weighted by Crippen LogP contribution is 2.84. The Morgan fingerprint density at radius 2 is 2.12 bits per heavy atom. The van der Waals surface area contributed by atoms with Crippen molar-refractivity contribution in [1.82, 2.24) is 4.90 Å². The molecule has 2 aromatic rings. The molecule has 2 aliphatic carbocycles. The van der Waals surface area contributed by atoms with E-state index >= 15 is 0 Å². The zero-order valence-electron chi connectivity index (χ0n) is 9.18. The number of likely N-dealkylation sites (N-methyl/N-ethyl adjacent to an activating group) is 1. The fourth-order valence-electron chi connectivity index (χ4n) is 4.18. The van der Waals surface area contributed by atoms with Crippen LogP contribution in [0.1, 0.15) is 4.88 Å². The largest absolute Gasteiger partial charge is 0.302 e. The zero-order valence-corrected chi connectivity index (χ0v) is 10.00. The van der Waals surface area contributed by atoms with E-state index in [0.29, 0.717) is 5.41 Å². The van der Waals surface area contributed by atoms with Gasteiger partial charge in [0.1, 0.15) is 0 Å². The molecule has 4 fully saturated rings. The van der Waals surface area contributed by atoms with Gasteiger partial charge >= 0.3 is 0 Å². The number of fused-ring (bicyclic) bond motifs is 2. The summed E-state index contributed by atoms with van der Waals surface area (Å²) in [6.07, 6.45) is 0. The second-order valence-corrected chi connectivity index (χ2v) is 6.73. The summed E-state index contributed by atoms with van der Waals surface area (Å²) in [6, 6.07) is 12.2. The third kappa shape index (κ3) is 0.686. The van der Waals surface area contributed by atoms with Gasteiger partial charge in [-0.3, -0.25) is 0 Å². The van der Waals surface area contributed by atoms with Crippen LogP contribution < -0.4 is 0 Å². The van der Waals surface area contributed by atoms with Gasteiger partial charge in [-0.2, -0.15) is 0 Å². The maximum absolute atomic E-state index is 2.57. The van der Waals surface area contributed by atoms with Crippen LogP contribution in [-0.4, -0.2) is 24.5 Å². The highest BCUT2D eigenvalue weighted by molar-refractivity contribution is 7.19. The molecule has 1 nitrogen and oxygen atoms in total. The molecule has 3 heterocycles. The smallest absolute Gasteiger partial charge is 0.0345 e. The van der Waals surface area contributed by atoms with Gasteiger partial charge in [0.2, 0.25) is 0 Å². The fraction of sp³-hybridized carbons (Fsp3) is 0.429. The number of nitrogens with zero attached hydrogens (tertiary/aromatic N) is 1. The number of thiophene rings is 1. The van der Waals surface area contributed by atoms with E-state index in [1.165, 1.54) is 16.6 Å². The standard InChI is InChI=1S/C14H13NS/c1-15-7-14(11-12(14)13(11)15)10-6-8-4-2-3-5-9(8)16-10/h2-6,11-13H,7H2,1H3/t11-,12?,13?,14-/m1/s1. The van der Waals surface area contributed by atoms with Crippen molar-refractivity contribution in [2.24, 2.45) is 11.8 Å². The van der Waals surface area contributed by atoms with E-state index in [1.807, 2.05) is 11.3 Å². The van der Waals surface area contributed by atoms with Gasteiger partial charge < -0.3 is 4.90 Å². The number of rotatable bonds is 1. The van der Waals surface area contributed by atoms with Crippen LogP contribution in [0, 0.1) is 11.8 Å². The molecular weight excluding hydrogens is 214 g/mol. The van der Waals surface area contributed by atoms with Gasteiger partial charge in [-0.15, -0.1) is 11.3 Å². The highest BCUT2D eigenvalue weighted by Gasteiger charge is 2.90. The quantitative estimate of drug-likeness (QED) is 0.724. The van der Waals surface area contributed by atoms with Gasteiger partial charge in [-0.25, -0.2) is 0 Å². The molecule has 1 aromatic carbocycles. The van der Waals surface area contributed by atoms with Crippen molar-refractivity contribution in [2.75, 3.05) is 13.6 Å². The lowest BCUT2D eigenvalue weighted by molar-refractivity contribution is 0.395. The molecule has 2 saturated heterocycles. The van der Waals surface area contributed by atoms with E-state index in [2.05, 4.69) is 42.3 Å². The summed E-state index contributed by atoms with van der Waals surface area (Å²) in [4.78, 5) is 4.23. The Hall–Kier alpha value is -0.860. The molecule has 0 spiro atoms. The monoisotopic (exact) mass is 227 g/mol. The summed E-state index contributed by atoms with van der Waals surface area (Å²) < 4.78 is 1.46. The molecule has 2 saturated carbocycles. The van der Waals surface area contributed by atoms with Crippen LogP contribution in [0.15, 0.2) is 30.3 Å². The maximum atomic E-state index is 2.57. The molecule has 2 unspecified atom stereocenters. The predicted molar refractivity (Wildman–Crippen MR) is 66.9 cm³/mol. The van der Waals surface area contributed by atoms with Crippen molar-refractivity contribution in [2.45, 2.75) is 11.5 Å². The Morgan fingerprint density at radius 1 is 1.31 bits per heavy atom. The molecule has 4 aliphatic rings. The van der Waals surface area contributed by atoms with E-state index in [9.17, 15) is 0 Å². The molecule has 1 aromatic heterocycles. The van der Waals surface area contributed by atoms with Gasteiger partial charge in [0.05, 0.1) is 0 Å². The molecular formula is C14H13NS. The normalized spacial score (nSPS) is 43.7. The van der Waals surface area contributed by atoms with Gasteiger partial charge in [-0.05, 0) is 36.4 Å². The SMILES string of the molecule is CN1C[C@]2(c3cc4ccccc4s3)C3C1[C@@H]32. The van der Waals surface area contributed by atoms with Crippen molar-refractivity contribution in [3.05, 3.63) is 35.2 Å². The molecule has 0 amide bonds. The van der Waals surface area contributed by atoms with Crippen LogP contribution in [0.25, 0.3) is 10.1 Å². The summed E-state index contributed by atoms with van der Waals surface area (Å²) in [5.74, 6) is 2.04. The van der Waals surface area contributed by atoms with Crippen LogP contribution in [0.5, 0.6) is 0 Å². The number of hydrogen-bond acceptors (Lipinski definition) is 2. The van der Waals surface area contributed by atoms with Crippen LogP contribution in [0.3, 0.4) is 0 Å². The Morgan fingerprint density at radius 3 is 2.81 bits per heavy atom. The summed E-state index contributed by atoms with van der Waals surface area (Å²) >= 11 is 2.03. The topological polar surface area (TPSA) is 3.24 Å². The summed E-state index contributed by atoms with van der Waals surface area (Å²) in [5, 5.41) is 1.44. The van der Waals surface area contributed by atoms with Gasteiger partial charge in [-0.1, -0.05) is 18.2 Å². The van der Waals surface area contributed by atoms with E-state index in [1.54, 1.807) is 4.88 Å². The Labute approximate surface area is 98.7 Å². The molecule has 6 rings (SSSR count). The maximum Gasteiger partial charge on any atom is 0.0345 e. The summed E-state index contributed by atoms with van der Waals surface area (Å²) in [5.41, 5.74) is 0.600. The van der Waals surface area contributed by atoms with Crippen molar-refractivity contribution < 1.29 is 0 Å². The second-order valence-electron chi connectivity index (χ2n) is 5.65. The van der Waals surface area contributed by atoms with Gasteiger partial charge in [0.25, 0.3) is 0 Å². The van der Waals surface area contributed by atoms with E-state index in [-0.39, 0.29) is 0 Å². The fourth-order valence-corrected chi connectivity index (χ4v) is 5.52. The molecule has 16 heavy (non-hydrogen) atoms. The average Bonchev–Trinajstić information content (AvgIpc) is 3.00. The first-order chi connectivity index (χ1) is 7.82. The highest BCUT2D eigenvalue weighted by atomic mass is 32.1. The first kappa shape index (κ1) is 8.26. The second kappa shape index (κ2) is 2.22. The average molecular weight is 227 g/mol. The number of benzene rings is 1. The summed E-state index contributed by atoms with van der Waals surface area (Å²) in [6.45, 7) is 1.31. The Kier molecular flexibility index (Phi) is 1.15. The molecule has 2 aliphatic heterocycles. The third-order valence-electron chi connectivity index (χ3n) is 4.97. The lowest BCUT2D eigenvalue weighted by Crippen LogP contribution is -2.15. The Balaban J connectivity index is 1.69. The minimum absolute atomic E-state index is 0.600. The van der Waals surface area contributed by atoms with Gasteiger partial charge in [0.15, 0.2) is 0 Å². The molecule has 0 radical (unpaired) electrons. The zero-order chi connectivity index (χ0) is 10.5. The molecule has 4 atom stereocenters. The molecule has 0 N–H and O–H groups in total. The minimum Gasteiger partial charge on any atom is -0.302 e. The first-order valence-corrected chi connectivity index (χ1v) is 6.83. The lowest BCUT2D eigenvalue weighted by Gasteiger charge is -2.11. The van der Waals surface area contributed by atoms with E-state index < -0.39 is 0 Å². The van der Waals surface area contributed by atoms with Crippen molar-refractivity contribution in [3.63, 3.8) is 0 Å². The summed E-state index contributed by atoms with van der Waals surface area (Å²) in [7, 11) is 2.29. The van der Waals surface area contributed by atoms with Crippen LogP contribution >= 0.6 is 11.3 Å². The number of piperidine rings is 1. The minimum atomic E-state index is 0.600. The predicted octanol–water partition coefficient (Wildman–Crippen LogP) is 2.71. The van der Waals surface area contributed by atoms with Crippen LogP contribution in [0.2, 0.25) is 0 Å².